The lowest BCUT2D eigenvalue weighted by atomic mass is 10.3. The molecule has 0 aromatic carbocycles. The predicted octanol–water partition coefficient (Wildman–Crippen LogP) is 1.82. The topological polar surface area (TPSA) is 66.9 Å². The summed E-state index contributed by atoms with van der Waals surface area (Å²) in [5.41, 5.74) is -1.04. The van der Waals surface area contributed by atoms with Gasteiger partial charge in [-0.1, -0.05) is 6.92 Å². The molecule has 0 atom stereocenters. The number of halogens is 3. The van der Waals surface area contributed by atoms with Crippen molar-refractivity contribution in [2.75, 3.05) is 18.4 Å². The van der Waals surface area contributed by atoms with Gasteiger partial charge in [0.05, 0.1) is 0 Å². The molecule has 8 heteroatoms. The van der Waals surface area contributed by atoms with E-state index in [1.54, 1.807) is 0 Å². The number of alkyl halides is 3. The van der Waals surface area contributed by atoms with E-state index in [1.165, 1.54) is 6.07 Å². The Morgan fingerprint density at radius 3 is 2.53 bits per heavy atom. The fraction of sp³-hybridized carbons (Fsp3) is 0.545. The second-order valence-corrected chi connectivity index (χ2v) is 3.83. The highest BCUT2D eigenvalue weighted by atomic mass is 19.4. The maximum atomic E-state index is 12.2. The Morgan fingerprint density at radius 2 is 2.00 bits per heavy atom. The molecule has 0 saturated carbocycles. The van der Waals surface area contributed by atoms with Gasteiger partial charge in [0.2, 0.25) is 5.91 Å². The van der Waals surface area contributed by atoms with Crippen LogP contribution in [0.3, 0.4) is 0 Å². The molecule has 5 nitrogen and oxygen atoms in total. The molecule has 1 amide bonds. The summed E-state index contributed by atoms with van der Waals surface area (Å²) < 4.78 is 36.7. The number of hydrogen-bond donors (Lipinski definition) is 2. The Bertz CT molecular complexity index is 405. The molecule has 19 heavy (non-hydrogen) atoms. The molecule has 1 aromatic rings. The van der Waals surface area contributed by atoms with E-state index in [9.17, 15) is 18.0 Å². The van der Waals surface area contributed by atoms with Crippen LogP contribution in [0.2, 0.25) is 0 Å². The van der Waals surface area contributed by atoms with Gasteiger partial charge in [0.15, 0.2) is 5.69 Å². The van der Waals surface area contributed by atoms with Crippen molar-refractivity contribution in [3.63, 3.8) is 0 Å². The molecule has 1 heterocycles. The van der Waals surface area contributed by atoms with E-state index in [2.05, 4.69) is 20.8 Å². The minimum atomic E-state index is -4.49. The number of amides is 1. The molecule has 0 aliphatic carbocycles. The van der Waals surface area contributed by atoms with Gasteiger partial charge < -0.3 is 10.6 Å². The molecule has 0 aliphatic heterocycles. The molecule has 0 radical (unpaired) electrons. The largest absolute Gasteiger partial charge is 0.435 e. The van der Waals surface area contributed by atoms with E-state index in [4.69, 9.17) is 0 Å². The van der Waals surface area contributed by atoms with Crippen molar-refractivity contribution in [2.24, 2.45) is 0 Å². The normalized spacial score (nSPS) is 11.2. The van der Waals surface area contributed by atoms with Gasteiger partial charge in [0.25, 0.3) is 0 Å². The SMILES string of the molecule is CCCNC(=O)CCNc1ccc(C(F)(F)F)nn1. The van der Waals surface area contributed by atoms with Crippen LogP contribution in [-0.2, 0) is 11.0 Å². The molecular weight excluding hydrogens is 261 g/mol. The van der Waals surface area contributed by atoms with E-state index in [-0.39, 0.29) is 24.7 Å². The third-order valence-corrected chi connectivity index (χ3v) is 2.19. The first kappa shape index (κ1) is 15.2. The minimum Gasteiger partial charge on any atom is -0.368 e. The van der Waals surface area contributed by atoms with Crippen molar-refractivity contribution >= 4 is 11.7 Å². The Kier molecular flexibility index (Phi) is 5.53. The zero-order valence-electron chi connectivity index (χ0n) is 10.4. The number of nitrogens with zero attached hydrogens (tertiary/aromatic N) is 2. The van der Waals surface area contributed by atoms with Crippen LogP contribution in [0.25, 0.3) is 0 Å². The summed E-state index contributed by atoms with van der Waals surface area (Å²) in [7, 11) is 0. The molecular formula is C11H15F3N4O. The lowest BCUT2D eigenvalue weighted by molar-refractivity contribution is -0.141. The Balaban J connectivity index is 2.36. The summed E-state index contributed by atoms with van der Waals surface area (Å²) in [6.07, 6.45) is -3.42. The lowest BCUT2D eigenvalue weighted by Crippen LogP contribution is -2.26. The average Bonchev–Trinajstić information content (AvgIpc) is 2.36. The van der Waals surface area contributed by atoms with Crippen LogP contribution in [0.4, 0.5) is 19.0 Å². The smallest absolute Gasteiger partial charge is 0.368 e. The quantitative estimate of drug-likeness (QED) is 0.831. The van der Waals surface area contributed by atoms with Gasteiger partial charge in [0, 0.05) is 19.5 Å². The highest BCUT2D eigenvalue weighted by Gasteiger charge is 2.32. The van der Waals surface area contributed by atoms with E-state index in [0.29, 0.717) is 6.54 Å². The van der Waals surface area contributed by atoms with Crippen molar-refractivity contribution in [1.82, 2.24) is 15.5 Å². The standard InChI is InChI=1S/C11H15F3N4O/c1-2-6-16-10(19)5-7-15-9-4-3-8(17-18-9)11(12,13)14/h3-4H,2,5-7H2,1H3,(H,15,18)(H,16,19). The first-order chi connectivity index (χ1) is 8.93. The molecule has 106 valence electrons. The van der Waals surface area contributed by atoms with Gasteiger partial charge in [-0.25, -0.2) is 0 Å². The van der Waals surface area contributed by atoms with Gasteiger partial charge >= 0.3 is 6.18 Å². The fourth-order valence-corrected chi connectivity index (χ4v) is 1.23. The predicted molar refractivity (Wildman–Crippen MR) is 63.4 cm³/mol. The fourth-order valence-electron chi connectivity index (χ4n) is 1.23. The van der Waals surface area contributed by atoms with Gasteiger partial charge in [0.1, 0.15) is 5.82 Å². The maximum Gasteiger partial charge on any atom is 0.435 e. The lowest BCUT2D eigenvalue weighted by Gasteiger charge is -2.07. The Morgan fingerprint density at radius 1 is 1.26 bits per heavy atom. The Hall–Kier alpha value is -1.86. The van der Waals surface area contributed by atoms with Crippen LogP contribution in [0.1, 0.15) is 25.5 Å². The number of anilines is 1. The summed E-state index contributed by atoms with van der Waals surface area (Å²) in [6.45, 7) is 2.84. The van der Waals surface area contributed by atoms with E-state index in [1.807, 2.05) is 6.92 Å². The molecule has 0 spiro atoms. The van der Waals surface area contributed by atoms with E-state index >= 15 is 0 Å². The van der Waals surface area contributed by atoms with Crippen molar-refractivity contribution in [2.45, 2.75) is 25.9 Å². The second kappa shape index (κ2) is 6.91. The van der Waals surface area contributed by atoms with Gasteiger partial charge in [-0.15, -0.1) is 10.2 Å². The van der Waals surface area contributed by atoms with Crippen LogP contribution in [0.5, 0.6) is 0 Å². The van der Waals surface area contributed by atoms with E-state index < -0.39 is 11.9 Å². The highest BCUT2D eigenvalue weighted by molar-refractivity contribution is 5.76. The summed E-state index contributed by atoms with van der Waals surface area (Å²) in [5.74, 6) is 0.0884. The van der Waals surface area contributed by atoms with E-state index in [0.717, 1.165) is 12.5 Å². The summed E-state index contributed by atoms with van der Waals surface area (Å²) in [6, 6.07) is 2.02. The highest BCUT2D eigenvalue weighted by Crippen LogP contribution is 2.26. The summed E-state index contributed by atoms with van der Waals surface area (Å²) in [4.78, 5) is 11.2. The molecule has 2 N–H and O–H groups in total. The third kappa shape index (κ3) is 5.54. The maximum absolute atomic E-state index is 12.2. The second-order valence-electron chi connectivity index (χ2n) is 3.83. The number of nitrogens with one attached hydrogen (secondary N) is 2. The zero-order valence-corrected chi connectivity index (χ0v) is 10.4. The first-order valence-corrected chi connectivity index (χ1v) is 5.85. The van der Waals surface area contributed by atoms with Crippen LogP contribution in [0.15, 0.2) is 12.1 Å². The third-order valence-electron chi connectivity index (χ3n) is 2.19. The molecule has 0 saturated heterocycles. The number of hydrogen-bond acceptors (Lipinski definition) is 4. The molecule has 1 rings (SSSR count). The van der Waals surface area contributed by atoms with Crippen molar-refractivity contribution < 1.29 is 18.0 Å². The monoisotopic (exact) mass is 276 g/mol. The molecule has 0 fully saturated rings. The number of aromatic nitrogens is 2. The number of rotatable bonds is 6. The molecule has 0 unspecified atom stereocenters. The molecule has 0 bridgehead atoms. The van der Waals surface area contributed by atoms with Crippen molar-refractivity contribution in [3.05, 3.63) is 17.8 Å². The minimum absolute atomic E-state index is 0.116. The zero-order chi connectivity index (χ0) is 14.3. The molecule has 0 aliphatic rings. The summed E-state index contributed by atoms with van der Waals surface area (Å²) in [5, 5.41) is 11.9. The van der Waals surface area contributed by atoms with Crippen LogP contribution in [0, 0.1) is 0 Å². The van der Waals surface area contributed by atoms with Gasteiger partial charge in [-0.2, -0.15) is 13.2 Å². The Labute approximate surface area is 108 Å². The first-order valence-electron chi connectivity index (χ1n) is 5.85. The summed E-state index contributed by atoms with van der Waals surface area (Å²) >= 11 is 0. The van der Waals surface area contributed by atoms with Crippen molar-refractivity contribution in [1.29, 1.82) is 0 Å². The van der Waals surface area contributed by atoms with Gasteiger partial charge in [-0.3, -0.25) is 4.79 Å². The number of carbonyl (C=O) groups is 1. The number of carbonyl (C=O) groups excluding carboxylic acids is 1. The average molecular weight is 276 g/mol. The van der Waals surface area contributed by atoms with Crippen LogP contribution in [-0.4, -0.2) is 29.2 Å². The molecule has 1 aromatic heterocycles. The van der Waals surface area contributed by atoms with Crippen LogP contribution >= 0.6 is 0 Å². The van der Waals surface area contributed by atoms with Crippen LogP contribution < -0.4 is 10.6 Å². The van der Waals surface area contributed by atoms with Gasteiger partial charge in [-0.05, 0) is 18.6 Å². The van der Waals surface area contributed by atoms with Crippen molar-refractivity contribution in [3.8, 4) is 0 Å².